The Bertz CT molecular complexity index is 327. The highest BCUT2D eigenvalue weighted by Crippen LogP contribution is 2.48. The van der Waals surface area contributed by atoms with Gasteiger partial charge in [-0.2, -0.15) is 0 Å². The third-order valence-electron chi connectivity index (χ3n) is 3.11. The summed E-state index contributed by atoms with van der Waals surface area (Å²) in [7, 11) is 0. The van der Waals surface area contributed by atoms with Crippen molar-refractivity contribution in [2.24, 2.45) is 5.41 Å². The highest BCUT2D eigenvalue weighted by Gasteiger charge is 2.41. The second-order valence-electron chi connectivity index (χ2n) is 4.41. The molecule has 1 saturated carbocycles. The van der Waals surface area contributed by atoms with E-state index in [1.165, 1.54) is 37.0 Å². The number of amides is 1. The molecule has 1 fully saturated rings. The lowest BCUT2D eigenvalue weighted by atomic mass is 10.0. The number of carbonyl (C=O) groups is 1. The number of thiophene rings is 1. The SMILES string of the molecule is CCCC1(CNC(=O)c2cccs2)CC1. The fourth-order valence-electron chi connectivity index (χ4n) is 1.98. The maximum Gasteiger partial charge on any atom is 0.261 e. The third-order valence-corrected chi connectivity index (χ3v) is 3.97. The van der Waals surface area contributed by atoms with E-state index < -0.39 is 0 Å². The van der Waals surface area contributed by atoms with Gasteiger partial charge < -0.3 is 5.32 Å². The Hall–Kier alpha value is -0.830. The van der Waals surface area contributed by atoms with Gasteiger partial charge in [0, 0.05) is 6.54 Å². The van der Waals surface area contributed by atoms with Gasteiger partial charge in [-0.1, -0.05) is 19.4 Å². The van der Waals surface area contributed by atoms with Crippen LogP contribution < -0.4 is 5.32 Å². The van der Waals surface area contributed by atoms with Gasteiger partial charge in [-0.05, 0) is 36.1 Å². The van der Waals surface area contributed by atoms with E-state index in [0.717, 1.165) is 11.4 Å². The zero-order valence-corrected chi connectivity index (χ0v) is 9.90. The summed E-state index contributed by atoms with van der Waals surface area (Å²) in [5, 5.41) is 4.98. The zero-order valence-electron chi connectivity index (χ0n) is 9.08. The summed E-state index contributed by atoms with van der Waals surface area (Å²) in [5.41, 5.74) is 0.446. The summed E-state index contributed by atoms with van der Waals surface area (Å²) in [6.45, 7) is 3.07. The Morgan fingerprint density at radius 1 is 1.60 bits per heavy atom. The molecule has 0 aliphatic heterocycles. The van der Waals surface area contributed by atoms with E-state index in [0.29, 0.717) is 5.41 Å². The van der Waals surface area contributed by atoms with Crippen molar-refractivity contribution < 1.29 is 4.79 Å². The lowest BCUT2D eigenvalue weighted by Gasteiger charge is -2.14. The molecular weight excluding hydrogens is 206 g/mol. The van der Waals surface area contributed by atoms with Gasteiger partial charge in [0.25, 0.3) is 5.91 Å². The Balaban J connectivity index is 1.81. The summed E-state index contributed by atoms with van der Waals surface area (Å²) < 4.78 is 0. The molecule has 15 heavy (non-hydrogen) atoms. The lowest BCUT2D eigenvalue weighted by molar-refractivity contribution is 0.0948. The molecule has 0 aromatic carbocycles. The highest BCUT2D eigenvalue weighted by atomic mass is 32.1. The topological polar surface area (TPSA) is 29.1 Å². The Morgan fingerprint density at radius 3 is 2.93 bits per heavy atom. The summed E-state index contributed by atoms with van der Waals surface area (Å²) >= 11 is 1.50. The number of rotatable bonds is 5. The second-order valence-corrected chi connectivity index (χ2v) is 5.36. The number of nitrogens with one attached hydrogen (secondary N) is 1. The average Bonchev–Trinajstić information content (AvgIpc) is 2.81. The van der Waals surface area contributed by atoms with Crippen LogP contribution in [0, 0.1) is 5.41 Å². The first-order valence-electron chi connectivity index (χ1n) is 5.57. The molecule has 1 aromatic heterocycles. The summed E-state index contributed by atoms with van der Waals surface area (Å²) in [5.74, 6) is 0.0902. The molecule has 0 unspecified atom stereocenters. The number of hydrogen-bond acceptors (Lipinski definition) is 2. The molecule has 0 spiro atoms. The normalized spacial score (nSPS) is 17.4. The van der Waals surface area contributed by atoms with E-state index in [1.54, 1.807) is 0 Å². The van der Waals surface area contributed by atoms with Gasteiger partial charge in [0.1, 0.15) is 0 Å². The molecule has 1 aliphatic rings. The lowest BCUT2D eigenvalue weighted by Crippen LogP contribution is -2.29. The standard InChI is InChI=1S/C12H17NOS/c1-2-5-12(6-7-12)9-13-11(14)10-4-3-8-15-10/h3-4,8H,2,5-7,9H2,1H3,(H,13,14). The van der Waals surface area contributed by atoms with Crippen LogP contribution in [0.1, 0.15) is 42.3 Å². The van der Waals surface area contributed by atoms with Gasteiger partial charge in [-0.15, -0.1) is 11.3 Å². The molecule has 1 N–H and O–H groups in total. The minimum absolute atomic E-state index is 0.0902. The first kappa shape index (κ1) is 10.7. The van der Waals surface area contributed by atoms with Crippen LogP contribution in [-0.2, 0) is 0 Å². The van der Waals surface area contributed by atoms with Gasteiger partial charge in [0.15, 0.2) is 0 Å². The molecule has 82 valence electrons. The molecule has 2 rings (SSSR count). The van der Waals surface area contributed by atoms with Crippen LogP contribution in [0.5, 0.6) is 0 Å². The van der Waals surface area contributed by atoms with Gasteiger partial charge in [0.05, 0.1) is 4.88 Å². The van der Waals surface area contributed by atoms with Crippen molar-refractivity contribution in [2.75, 3.05) is 6.54 Å². The van der Waals surface area contributed by atoms with E-state index >= 15 is 0 Å². The fourth-order valence-corrected chi connectivity index (χ4v) is 2.63. The third kappa shape index (κ3) is 2.59. The molecule has 0 radical (unpaired) electrons. The minimum Gasteiger partial charge on any atom is -0.351 e. The summed E-state index contributed by atoms with van der Waals surface area (Å²) in [6.07, 6.45) is 5.03. The van der Waals surface area contributed by atoms with Gasteiger partial charge in [-0.25, -0.2) is 0 Å². The quantitative estimate of drug-likeness (QED) is 0.816. The van der Waals surface area contributed by atoms with Gasteiger partial charge >= 0.3 is 0 Å². The molecule has 3 heteroatoms. The van der Waals surface area contributed by atoms with Crippen LogP contribution in [0.25, 0.3) is 0 Å². The molecular formula is C12H17NOS. The fraction of sp³-hybridized carbons (Fsp3) is 0.583. The monoisotopic (exact) mass is 223 g/mol. The predicted octanol–water partition coefficient (Wildman–Crippen LogP) is 3.06. The highest BCUT2D eigenvalue weighted by molar-refractivity contribution is 7.12. The first-order valence-corrected chi connectivity index (χ1v) is 6.45. The smallest absolute Gasteiger partial charge is 0.261 e. The Kier molecular flexibility index (Phi) is 3.10. The minimum atomic E-state index is 0.0902. The summed E-state index contributed by atoms with van der Waals surface area (Å²) in [6, 6.07) is 3.79. The Morgan fingerprint density at radius 2 is 2.40 bits per heavy atom. The Labute approximate surface area is 94.7 Å². The van der Waals surface area contributed by atoms with Crippen LogP contribution >= 0.6 is 11.3 Å². The van der Waals surface area contributed by atoms with Crippen molar-refractivity contribution in [3.8, 4) is 0 Å². The van der Waals surface area contributed by atoms with Crippen molar-refractivity contribution in [2.45, 2.75) is 32.6 Å². The van der Waals surface area contributed by atoms with Crippen LogP contribution in [0.2, 0.25) is 0 Å². The van der Waals surface area contributed by atoms with E-state index in [-0.39, 0.29) is 5.91 Å². The first-order chi connectivity index (χ1) is 7.26. The van der Waals surface area contributed by atoms with Crippen molar-refractivity contribution in [1.29, 1.82) is 0 Å². The molecule has 2 nitrogen and oxygen atoms in total. The molecule has 1 amide bonds. The van der Waals surface area contributed by atoms with E-state index in [4.69, 9.17) is 0 Å². The van der Waals surface area contributed by atoms with Crippen LogP contribution in [0.3, 0.4) is 0 Å². The molecule has 0 bridgehead atoms. The van der Waals surface area contributed by atoms with Crippen molar-refractivity contribution in [3.05, 3.63) is 22.4 Å². The van der Waals surface area contributed by atoms with Crippen molar-refractivity contribution in [1.82, 2.24) is 5.32 Å². The van der Waals surface area contributed by atoms with E-state index in [9.17, 15) is 4.79 Å². The maximum absolute atomic E-state index is 11.7. The zero-order chi connectivity index (χ0) is 10.7. The average molecular weight is 223 g/mol. The van der Waals surface area contributed by atoms with Crippen LogP contribution in [0.4, 0.5) is 0 Å². The van der Waals surface area contributed by atoms with Crippen LogP contribution in [0.15, 0.2) is 17.5 Å². The van der Waals surface area contributed by atoms with Crippen molar-refractivity contribution >= 4 is 17.2 Å². The molecule has 1 aromatic rings. The van der Waals surface area contributed by atoms with Gasteiger partial charge in [-0.3, -0.25) is 4.79 Å². The largest absolute Gasteiger partial charge is 0.351 e. The van der Waals surface area contributed by atoms with E-state index in [1.807, 2.05) is 17.5 Å². The molecule has 1 aliphatic carbocycles. The van der Waals surface area contributed by atoms with Crippen molar-refractivity contribution in [3.63, 3.8) is 0 Å². The number of hydrogen-bond donors (Lipinski definition) is 1. The summed E-state index contributed by atoms with van der Waals surface area (Å²) in [4.78, 5) is 12.5. The molecule has 1 heterocycles. The molecule has 0 saturated heterocycles. The van der Waals surface area contributed by atoms with E-state index in [2.05, 4.69) is 12.2 Å². The van der Waals surface area contributed by atoms with Crippen LogP contribution in [-0.4, -0.2) is 12.5 Å². The maximum atomic E-state index is 11.7. The number of carbonyl (C=O) groups excluding carboxylic acids is 1. The van der Waals surface area contributed by atoms with Gasteiger partial charge in [0.2, 0.25) is 0 Å². The second kappa shape index (κ2) is 4.35. The predicted molar refractivity (Wildman–Crippen MR) is 63.2 cm³/mol. The molecule has 0 atom stereocenters.